The number of ether oxygens (including phenoxy) is 2. The van der Waals surface area contributed by atoms with E-state index in [1.54, 1.807) is 17.8 Å². The van der Waals surface area contributed by atoms with E-state index in [9.17, 15) is 14.4 Å². The molecule has 1 saturated heterocycles. The van der Waals surface area contributed by atoms with E-state index >= 15 is 0 Å². The standard InChI is InChI=1S/C23H24FN3O3S/c1-31-17-4-3-14-13-30-21-8-15(20(24)10-19(21)18(14)9-17)7-16(11-25)27-23(28)22-12-26-5-2-6-29-22/h3-4,8-10,16,22,26H,2,5-7,12-13H2,1H3,(H,27,28). The van der Waals surface area contributed by atoms with Crippen LogP contribution in [0.2, 0.25) is 0 Å². The zero-order valence-corrected chi connectivity index (χ0v) is 18.1. The third kappa shape index (κ3) is 4.85. The average molecular weight is 442 g/mol. The van der Waals surface area contributed by atoms with Gasteiger partial charge in [-0.2, -0.15) is 5.26 Å². The summed E-state index contributed by atoms with van der Waals surface area (Å²) in [5.74, 6) is -0.206. The van der Waals surface area contributed by atoms with Crippen LogP contribution in [-0.2, 0) is 22.6 Å². The van der Waals surface area contributed by atoms with Crippen molar-refractivity contribution >= 4 is 17.7 Å². The van der Waals surface area contributed by atoms with Crippen LogP contribution in [0.5, 0.6) is 5.75 Å². The van der Waals surface area contributed by atoms with Crippen LogP contribution in [0.4, 0.5) is 4.39 Å². The molecule has 8 heteroatoms. The van der Waals surface area contributed by atoms with Crippen LogP contribution < -0.4 is 15.4 Å². The molecule has 0 saturated carbocycles. The first-order valence-electron chi connectivity index (χ1n) is 10.2. The Morgan fingerprint density at radius 1 is 1.39 bits per heavy atom. The number of nitrogens with one attached hydrogen (secondary N) is 2. The van der Waals surface area contributed by atoms with Crippen molar-refractivity contribution in [1.29, 1.82) is 5.26 Å². The van der Waals surface area contributed by atoms with Gasteiger partial charge in [0.25, 0.3) is 5.91 Å². The number of benzene rings is 2. The van der Waals surface area contributed by atoms with Gasteiger partial charge in [0.05, 0.1) is 6.07 Å². The van der Waals surface area contributed by atoms with E-state index in [4.69, 9.17) is 9.47 Å². The maximum absolute atomic E-state index is 15.0. The second-order valence-corrected chi connectivity index (χ2v) is 8.44. The van der Waals surface area contributed by atoms with Crippen molar-refractivity contribution in [2.75, 3.05) is 26.0 Å². The molecule has 0 spiro atoms. The second kappa shape index (κ2) is 9.69. The highest BCUT2D eigenvalue weighted by Crippen LogP contribution is 2.40. The predicted octanol–water partition coefficient (Wildman–Crippen LogP) is 3.04. The summed E-state index contributed by atoms with van der Waals surface area (Å²) in [6.07, 6.45) is 2.21. The first-order chi connectivity index (χ1) is 15.1. The molecule has 4 rings (SSSR count). The summed E-state index contributed by atoms with van der Waals surface area (Å²) in [5, 5.41) is 15.3. The highest BCUT2D eigenvalue weighted by Gasteiger charge is 2.25. The maximum atomic E-state index is 15.0. The van der Waals surface area contributed by atoms with Gasteiger partial charge in [0.2, 0.25) is 0 Å². The van der Waals surface area contributed by atoms with Crippen molar-refractivity contribution in [2.24, 2.45) is 0 Å². The lowest BCUT2D eigenvalue weighted by Crippen LogP contribution is -2.46. The Kier molecular flexibility index (Phi) is 6.76. The molecule has 1 fully saturated rings. The Morgan fingerprint density at radius 3 is 3.06 bits per heavy atom. The first-order valence-corrected chi connectivity index (χ1v) is 11.5. The fourth-order valence-corrected chi connectivity index (χ4v) is 4.23. The minimum atomic E-state index is -0.870. The van der Waals surface area contributed by atoms with Crippen LogP contribution >= 0.6 is 11.8 Å². The quantitative estimate of drug-likeness (QED) is 0.694. The van der Waals surface area contributed by atoms with E-state index in [0.29, 0.717) is 36.6 Å². The molecule has 2 aliphatic heterocycles. The Hall–Kier alpha value is -2.60. The molecule has 0 radical (unpaired) electrons. The van der Waals surface area contributed by atoms with Gasteiger partial charge in [0, 0.05) is 30.0 Å². The summed E-state index contributed by atoms with van der Waals surface area (Å²) < 4.78 is 26.4. The van der Waals surface area contributed by atoms with E-state index in [1.807, 2.05) is 24.5 Å². The largest absolute Gasteiger partial charge is 0.488 e. The van der Waals surface area contributed by atoms with E-state index in [0.717, 1.165) is 29.0 Å². The summed E-state index contributed by atoms with van der Waals surface area (Å²) in [5.41, 5.74) is 3.00. The van der Waals surface area contributed by atoms with E-state index in [-0.39, 0.29) is 12.3 Å². The van der Waals surface area contributed by atoms with Crippen molar-refractivity contribution in [3.05, 3.63) is 47.3 Å². The SMILES string of the molecule is CSc1ccc2c(c1)-c1cc(F)c(CC(C#N)NC(=O)C3CNCCCO3)cc1OC2. The van der Waals surface area contributed by atoms with Crippen LogP contribution in [0, 0.1) is 17.1 Å². The topological polar surface area (TPSA) is 83.4 Å². The first kappa shape index (κ1) is 21.6. The molecule has 2 aliphatic rings. The summed E-state index contributed by atoms with van der Waals surface area (Å²) >= 11 is 1.63. The van der Waals surface area contributed by atoms with E-state index in [1.165, 1.54) is 6.07 Å². The van der Waals surface area contributed by atoms with Gasteiger partial charge in [-0.15, -0.1) is 11.8 Å². The number of nitrogens with zero attached hydrogens (tertiary/aromatic N) is 1. The number of amides is 1. The van der Waals surface area contributed by atoms with Crippen molar-refractivity contribution in [1.82, 2.24) is 10.6 Å². The third-order valence-corrected chi connectivity index (χ3v) is 6.20. The number of hydrogen-bond donors (Lipinski definition) is 2. The molecule has 1 amide bonds. The molecule has 0 aromatic heterocycles. The lowest BCUT2D eigenvalue weighted by atomic mass is 9.94. The van der Waals surface area contributed by atoms with Gasteiger partial charge in [-0.1, -0.05) is 6.07 Å². The Morgan fingerprint density at radius 2 is 2.26 bits per heavy atom. The van der Waals surface area contributed by atoms with Crippen LogP contribution in [0.15, 0.2) is 35.2 Å². The highest BCUT2D eigenvalue weighted by molar-refractivity contribution is 7.98. The van der Waals surface area contributed by atoms with Crippen LogP contribution in [-0.4, -0.2) is 44.0 Å². The summed E-state index contributed by atoms with van der Waals surface area (Å²) in [7, 11) is 0. The Bertz CT molecular complexity index is 1020. The number of rotatable bonds is 5. The molecule has 2 aromatic carbocycles. The number of thioether (sulfide) groups is 1. The molecule has 0 bridgehead atoms. The summed E-state index contributed by atoms with van der Waals surface area (Å²) in [6, 6.07) is 10.4. The van der Waals surface area contributed by atoms with Gasteiger partial charge >= 0.3 is 0 Å². The summed E-state index contributed by atoms with van der Waals surface area (Å²) in [6.45, 7) is 2.07. The summed E-state index contributed by atoms with van der Waals surface area (Å²) in [4.78, 5) is 13.6. The molecule has 2 atom stereocenters. The van der Waals surface area contributed by atoms with Gasteiger partial charge in [-0.05, 0) is 60.2 Å². The molecule has 2 N–H and O–H groups in total. The van der Waals surface area contributed by atoms with Crippen molar-refractivity contribution < 1.29 is 18.7 Å². The van der Waals surface area contributed by atoms with E-state index in [2.05, 4.69) is 16.7 Å². The zero-order valence-electron chi connectivity index (χ0n) is 17.2. The van der Waals surface area contributed by atoms with Crippen LogP contribution in [0.25, 0.3) is 11.1 Å². The van der Waals surface area contributed by atoms with E-state index < -0.39 is 18.0 Å². The molecule has 31 heavy (non-hydrogen) atoms. The van der Waals surface area contributed by atoms with Crippen molar-refractivity contribution in [2.45, 2.75) is 36.5 Å². The van der Waals surface area contributed by atoms with Crippen molar-refractivity contribution in [3.8, 4) is 22.9 Å². The molecule has 2 unspecified atom stereocenters. The van der Waals surface area contributed by atoms with Gasteiger partial charge < -0.3 is 20.1 Å². The fourth-order valence-electron chi connectivity index (χ4n) is 3.79. The minimum Gasteiger partial charge on any atom is -0.488 e. The Balaban J connectivity index is 1.52. The third-order valence-electron chi connectivity index (χ3n) is 5.47. The number of halogens is 1. The monoisotopic (exact) mass is 441 g/mol. The van der Waals surface area contributed by atoms with Crippen LogP contribution in [0.3, 0.4) is 0 Å². The molecular formula is C23H24FN3O3S. The fraction of sp³-hybridized carbons (Fsp3) is 0.391. The average Bonchev–Trinajstić information content (AvgIpc) is 3.08. The van der Waals surface area contributed by atoms with Gasteiger partial charge in [0.15, 0.2) is 0 Å². The van der Waals surface area contributed by atoms with Gasteiger partial charge in [-0.25, -0.2) is 4.39 Å². The predicted molar refractivity (Wildman–Crippen MR) is 116 cm³/mol. The number of fused-ring (bicyclic) bond motifs is 3. The molecular weight excluding hydrogens is 417 g/mol. The van der Waals surface area contributed by atoms with Crippen molar-refractivity contribution in [3.63, 3.8) is 0 Å². The molecule has 0 aliphatic carbocycles. The number of hydrogen-bond acceptors (Lipinski definition) is 6. The minimum absolute atomic E-state index is 0.0442. The zero-order chi connectivity index (χ0) is 21.8. The van der Waals surface area contributed by atoms with Gasteiger partial charge in [0.1, 0.15) is 30.3 Å². The Labute approximate surface area is 185 Å². The molecule has 6 nitrogen and oxygen atoms in total. The molecule has 162 valence electrons. The smallest absolute Gasteiger partial charge is 0.251 e. The maximum Gasteiger partial charge on any atom is 0.251 e. The van der Waals surface area contributed by atoms with Crippen LogP contribution in [0.1, 0.15) is 17.5 Å². The number of carbonyl (C=O) groups excluding carboxylic acids is 1. The molecule has 2 aromatic rings. The lowest BCUT2D eigenvalue weighted by Gasteiger charge is -2.23. The second-order valence-electron chi connectivity index (χ2n) is 7.56. The number of carbonyl (C=O) groups is 1. The number of nitriles is 1. The van der Waals surface area contributed by atoms with Gasteiger partial charge in [-0.3, -0.25) is 4.79 Å². The normalized spacial score (nSPS) is 18.5. The molecule has 2 heterocycles. The highest BCUT2D eigenvalue weighted by atomic mass is 32.2. The lowest BCUT2D eigenvalue weighted by molar-refractivity contribution is -0.132.